The van der Waals surface area contributed by atoms with E-state index in [1.54, 1.807) is 11.8 Å². The summed E-state index contributed by atoms with van der Waals surface area (Å²) in [5.41, 5.74) is 3.44. The van der Waals surface area contributed by atoms with Crippen LogP contribution in [0, 0.1) is 6.92 Å². The molecule has 148 valence electrons. The summed E-state index contributed by atoms with van der Waals surface area (Å²) in [7, 11) is 5.42. The number of methoxy groups -OCH3 is 1. The first kappa shape index (κ1) is 21.5. The van der Waals surface area contributed by atoms with Crippen molar-refractivity contribution in [3.63, 3.8) is 0 Å². The number of nitrogens with zero attached hydrogens (tertiary/aromatic N) is 4. The molecule has 3 rings (SSSR count). The molecule has 1 aromatic carbocycles. The second-order valence-electron chi connectivity index (χ2n) is 6.51. The number of hydrogen-bond donors (Lipinski definition) is 1. The number of guanidine groups is 1. The largest absolute Gasteiger partial charge is 0.497 e. The predicted octanol–water partition coefficient (Wildman–Crippen LogP) is 2.50. The molecule has 0 radical (unpaired) electrons. The lowest BCUT2D eigenvalue weighted by Crippen LogP contribution is -2.47. The number of halogens is 1. The molecule has 0 amide bonds. The number of morpholine rings is 1. The molecule has 0 aliphatic carbocycles. The number of aliphatic imine (C=N–C) groups is 1. The molecule has 1 atom stereocenters. The first-order valence-corrected chi connectivity index (χ1v) is 8.79. The number of benzene rings is 1. The molecule has 1 N–H and O–H groups in total. The van der Waals surface area contributed by atoms with Crippen LogP contribution in [0.15, 0.2) is 35.6 Å². The Kier molecular flexibility index (Phi) is 7.91. The van der Waals surface area contributed by atoms with E-state index in [4.69, 9.17) is 9.47 Å². The topological polar surface area (TPSA) is 63.9 Å². The monoisotopic (exact) mass is 485 g/mol. The van der Waals surface area contributed by atoms with Crippen molar-refractivity contribution >= 4 is 29.9 Å². The number of hydrogen-bond acceptors (Lipinski definition) is 4. The van der Waals surface area contributed by atoms with Gasteiger partial charge in [0.15, 0.2) is 5.96 Å². The average molecular weight is 485 g/mol. The van der Waals surface area contributed by atoms with Crippen LogP contribution in [0.1, 0.15) is 22.8 Å². The molecule has 1 unspecified atom stereocenters. The van der Waals surface area contributed by atoms with E-state index in [9.17, 15) is 0 Å². The molecule has 7 nitrogen and oxygen atoms in total. The van der Waals surface area contributed by atoms with Crippen molar-refractivity contribution in [2.75, 3.05) is 33.9 Å². The van der Waals surface area contributed by atoms with Crippen LogP contribution in [-0.2, 0) is 18.3 Å². The molecule has 8 heteroatoms. The van der Waals surface area contributed by atoms with E-state index in [1.165, 1.54) is 11.1 Å². The maximum Gasteiger partial charge on any atom is 0.194 e. The first-order valence-electron chi connectivity index (χ1n) is 8.79. The van der Waals surface area contributed by atoms with Gasteiger partial charge in [-0.15, -0.1) is 24.0 Å². The molecule has 0 saturated carbocycles. The van der Waals surface area contributed by atoms with Crippen molar-refractivity contribution in [1.82, 2.24) is 20.0 Å². The fourth-order valence-corrected chi connectivity index (χ4v) is 3.21. The van der Waals surface area contributed by atoms with Gasteiger partial charge in [-0.05, 0) is 30.2 Å². The van der Waals surface area contributed by atoms with Gasteiger partial charge in [-0.1, -0.05) is 6.07 Å². The zero-order valence-electron chi connectivity index (χ0n) is 16.3. The number of aromatic nitrogens is 2. The second kappa shape index (κ2) is 9.93. The normalized spacial score (nSPS) is 17.4. The lowest BCUT2D eigenvalue weighted by atomic mass is 10.1. The van der Waals surface area contributed by atoms with Crippen molar-refractivity contribution in [1.29, 1.82) is 0 Å². The lowest BCUT2D eigenvalue weighted by Gasteiger charge is -2.34. The van der Waals surface area contributed by atoms with Gasteiger partial charge in [0.1, 0.15) is 11.9 Å². The van der Waals surface area contributed by atoms with Crippen LogP contribution < -0.4 is 10.1 Å². The summed E-state index contributed by atoms with van der Waals surface area (Å²) in [5, 5.41) is 7.70. The van der Waals surface area contributed by atoms with Crippen LogP contribution in [0.2, 0.25) is 0 Å². The van der Waals surface area contributed by atoms with Gasteiger partial charge in [0.2, 0.25) is 0 Å². The van der Waals surface area contributed by atoms with E-state index in [1.807, 2.05) is 38.6 Å². The Morgan fingerprint density at radius 2 is 2.22 bits per heavy atom. The summed E-state index contributed by atoms with van der Waals surface area (Å²) in [4.78, 5) is 6.68. The average Bonchev–Trinajstić information content (AvgIpc) is 3.08. The minimum atomic E-state index is 0. The highest BCUT2D eigenvalue weighted by Crippen LogP contribution is 2.22. The standard InChI is InChI=1S/C19H27N5O2.HI/c1-14-7-15(9-17(8-14)25-4)10-21-19(20-2)24-5-6-26-18(13-24)16-11-22-23(3)12-16;/h7-9,11-12,18H,5-6,10,13H2,1-4H3,(H,20,21);1H. The van der Waals surface area contributed by atoms with E-state index < -0.39 is 0 Å². The summed E-state index contributed by atoms with van der Waals surface area (Å²) in [6, 6.07) is 6.23. The third-order valence-corrected chi connectivity index (χ3v) is 4.47. The second-order valence-corrected chi connectivity index (χ2v) is 6.51. The molecule has 2 aromatic rings. The van der Waals surface area contributed by atoms with Crippen molar-refractivity contribution in [3.05, 3.63) is 47.3 Å². The highest BCUT2D eigenvalue weighted by atomic mass is 127. The number of nitrogens with one attached hydrogen (secondary N) is 1. The van der Waals surface area contributed by atoms with E-state index >= 15 is 0 Å². The Morgan fingerprint density at radius 1 is 1.41 bits per heavy atom. The van der Waals surface area contributed by atoms with Gasteiger partial charge < -0.3 is 19.7 Å². The predicted molar refractivity (Wildman–Crippen MR) is 117 cm³/mol. The summed E-state index contributed by atoms with van der Waals surface area (Å²) in [6.45, 7) is 5.00. The fourth-order valence-electron chi connectivity index (χ4n) is 3.21. The highest BCUT2D eigenvalue weighted by Gasteiger charge is 2.25. The van der Waals surface area contributed by atoms with E-state index in [-0.39, 0.29) is 30.1 Å². The van der Waals surface area contributed by atoms with Crippen LogP contribution in [0.25, 0.3) is 0 Å². The van der Waals surface area contributed by atoms with Crippen molar-refractivity contribution < 1.29 is 9.47 Å². The Hall–Kier alpha value is -1.81. The van der Waals surface area contributed by atoms with Gasteiger partial charge in [-0.3, -0.25) is 9.67 Å². The Bertz CT molecular complexity index is 777. The molecular formula is C19H28IN5O2. The summed E-state index contributed by atoms with van der Waals surface area (Å²) in [5.74, 6) is 1.75. The summed E-state index contributed by atoms with van der Waals surface area (Å²) in [6.07, 6.45) is 3.88. The molecular weight excluding hydrogens is 457 g/mol. The maximum absolute atomic E-state index is 5.92. The van der Waals surface area contributed by atoms with Crippen LogP contribution in [0.5, 0.6) is 5.75 Å². The molecule has 1 aliphatic heterocycles. The van der Waals surface area contributed by atoms with Gasteiger partial charge in [-0.25, -0.2) is 0 Å². The number of rotatable bonds is 4. The van der Waals surface area contributed by atoms with Gasteiger partial charge in [0, 0.05) is 38.9 Å². The lowest BCUT2D eigenvalue weighted by molar-refractivity contribution is -0.00805. The quantitative estimate of drug-likeness (QED) is 0.410. The minimum absolute atomic E-state index is 0. The van der Waals surface area contributed by atoms with Gasteiger partial charge in [0.25, 0.3) is 0 Å². The van der Waals surface area contributed by atoms with Gasteiger partial charge >= 0.3 is 0 Å². The molecule has 0 spiro atoms. The van der Waals surface area contributed by atoms with Crippen LogP contribution in [0.3, 0.4) is 0 Å². The molecule has 27 heavy (non-hydrogen) atoms. The minimum Gasteiger partial charge on any atom is -0.497 e. The zero-order chi connectivity index (χ0) is 18.5. The number of ether oxygens (including phenoxy) is 2. The van der Waals surface area contributed by atoms with Crippen molar-refractivity contribution in [2.45, 2.75) is 19.6 Å². The molecule has 2 heterocycles. The van der Waals surface area contributed by atoms with Crippen molar-refractivity contribution in [3.8, 4) is 5.75 Å². The molecule has 1 saturated heterocycles. The first-order chi connectivity index (χ1) is 12.6. The van der Waals surface area contributed by atoms with Crippen LogP contribution in [-0.4, -0.2) is 54.5 Å². The van der Waals surface area contributed by atoms with Gasteiger partial charge in [-0.2, -0.15) is 5.10 Å². The van der Waals surface area contributed by atoms with E-state index in [2.05, 4.69) is 33.3 Å². The van der Waals surface area contributed by atoms with Crippen molar-refractivity contribution in [2.24, 2.45) is 12.0 Å². The van der Waals surface area contributed by atoms with E-state index in [0.717, 1.165) is 30.4 Å². The number of aryl methyl sites for hydroxylation is 2. The molecule has 0 bridgehead atoms. The Morgan fingerprint density at radius 3 is 2.89 bits per heavy atom. The SMILES string of the molecule is CN=C(NCc1cc(C)cc(OC)c1)N1CCOC(c2cnn(C)c2)C1.I. The Balaban J connectivity index is 0.00000261. The fraction of sp³-hybridized carbons (Fsp3) is 0.474. The summed E-state index contributed by atoms with van der Waals surface area (Å²) >= 11 is 0. The third-order valence-electron chi connectivity index (χ3n) is 4.47. The smallest absolute Gasteiger partial charge is 0.194 e. The molecule has 1 aliphatic rings. The van der Waals surface area contributed by atoms with E-state index in [0.29, 0.717) is 13.2 Å². The molecule has 1 aromatic heterocycles. The Labute approximate surface area is 177 Å². The highest BCUT2D eigenvalue weighted by molar-refractivity contribution is 14.0. The van der Waals surface area contributed by atoms with Crippen LogP contribution in [0.4, 0.5) is 0 Å². The zero-order valence-corrected chi connectivity index (χ0v) is 18.6. The van der Waals surface area contributed by atoms with Crippen LogP contribution >= 0.6 is 24.0 Å². The summed E-state index contributed by atoms with van der Waals surface area (Å²) < 4.78 is 13.1. The molecule has 1 fully saturated rings. The maximum atomic E-state index is 5.92. The third kappa shape index (κ3) is 5.58. The van der Waals surface area contributed by atoms with Gasteiger partial charge in [0.05, 0.1) is 26.5 Å².